The Hall–Kier alpha value is -2.38. The largest absolute Gasteiger partial charge is 0.281 e. The van der Waals surface area contributed by atoms with E-state index in [1.54, 1.807) is 22.7 Å². The molecule has 0 saturated carbocycles. The monoisotopic (exact) mass is 268 g/mol. The van der Waals surface area contributed by atoms with E-state index in [2.05, 4.69) is 16.3 Å². The minimum atomic E-state index is 0.553. The Labute approximate surface area is 114 Å². The summed E-state index contributed by atoms with van der Waals surface area (Å²) in [7, 11) is 0. The normalized spacial score (nSPS) is 10.6. The molecule has 3 rings (SSSR count). The Bertz CT molecular complexity index is 814. The lowest BCUT2D eigenvalue weighted by atomic mass is 10.1. The highest BCUT2D eigenvalue weighted by Gasteiger charge is 2.11. The van der Waals surface area contributed by atoms with Crippen molar-refractivity contribution in [3.8, 4) is 17.5 Å². The molecule has 1 aromatic carbocycles. The number of nitriles is 1. The van der Waals surface area contributed by atoms with E-state index in [4.69, 9.17) is 16.9 Å². The van der Waals surface area contributed by atoms with Gasteiger partial charge in [-0.3, -0.25) is 4.40 Å². The zero-order chi connectivity index (χ0) is 13.4. The predicted molar refractivity (Wildman–Crippen MR) is 72.9 cm³/mol. The van der Waals surface area contributed by atoms with Crippen LogP contribution in [0, 0.1) is 18.3 Å². The topological polar surface area (TPSA) is 54.0 Å². The third-order valence-electron chi connectivity index (χ3n) is 2.90. The molecule has 0 radical (unpaired) electrons. The molecule has 0 unspecified atom stereocenters. The first-order valence-electron chi connectivity index (χ1n) is 5.70. The summed E-state index contributed by atoms with van der Waals surface area (Å²) in [6, 6.07) is 11.3. The lowest BCUT2D eigenvalue weighted by molar-refractivity contribution is 1.11. The van der Waals surface area contributed by atoms with E-state index in [0.717, 1.165) is 11.1 Å². The molecule has 0 N–H and O–H groups in total. The Morgan fingerprint density at radius 1 is 1.21 bits per heavy atom. The van der Waals surface area contributed by atoms with Crippen LogP contribution in [-0.4, -0.2) is 14.6 Å². The number of hydrogen-bond acceptors (Lipinski definition) is 3. The summed E-state index contributed by atoms with van der Waals surface area (Å²) in [6.45, 7) is 1.98. The van der Waals surface area contributed by atoms with Gasteiger partial charge in [0.15, 0.2) is 11.5 Å². The minimum absolute atomic E-state index is 0.553. The van der Waals surface area contributed by atoms with Gasteiger partial charge in [-0.25, -0.2) is 0 Å². The van der Waals surface area contributed by atoms with Crippen molar-refractivity contribution in [2.75, 3.05) is 0 Å². The summed E-state index contributed by atoms with van der Waals surface area (Å²) in [5.74, 6) is 0.636. The Kier molecular flexibility index (Phi) is 2.69. The molecule has 0 spiro atoms. The fraction of sp³-hybridized carbons (Fsp3) is 0.0714. The van der Waals surface area contributed by atoms with Crippen LogP contribution < -0.4 is 0 Å². The number of pyridine rings is 1. The summed E-state index contributed by atoms with van der Waals surface area (Å²) >= 11 is 6.25. The standard InChI is InChI=1S/C14H9ClN4/c1-9-2-4-11(12(15)6-9)14-18-17-13-5-3-10(7-16)8-19(13)14/h2-6,8H,1H3. The lowest BCUT2D eigenvalue weighted by Gasteiger charge is -2.04. The zero-order valence-electron chi connectivity index (χ0n) is 10.1. The minimum Gasteiger partial charge on any atom is -0.281 e. The van der Waals surface area contributed by atoms with Crippen LogP contribution in [-0.2, 0) is 0 Å². The number of rotatable bonds is 1. The van der Waals surface area contributed by atoms with Crippen molar-refractivity contribution in [3.05, 3.63) is 52.7 Å². The van der Waals surface area contributed by atoms with E-state index in [9.17, 15) is 0 Å². The number of fused-ring (bicyclic) bond motifs is 1. The Morgan fingerprint density at radius 2 is 2.05 bits per heavy atom. The van der Waals surface area contributed by atoms with Crippen molar-refractivity contribution in [1.82, 2.24) is 14.6 Å². The Balaban J connectivity index is 2.28. The second-order valence-electron chi connectivity index (χ2n) is 4.26. The van der Waals surface area contributed by atoms with Gasteiger partial charge >= 0.3 is 0 Å². The molecule has 2 heterocycles. The van der Waals surface area contributed by atoms with Gasteiger partial charge in [0.1, 0.15) is 6.07 Å². The van der Waals surface area contributed by atoms with Crippen molar-refractivity contribution in [2.45, 2.75) is 6.92 Å². The van der Waals surface area contributed by atoms with Crippen LogP contribution in [0.2, 0.25) is 5.02 Å². The van der Waals surface area contributed by atoms with E-state index in [1.807, 2.05) is 25.1 Å². The summed E-state index contributed by atoms with van der Waals surface area (Å²) in [5.41, 5.74) is 3.12. The first kappa shape index (κ1) is 11.7. The molecule has 0 bridgehead atoms. The number of hydrogen-bond donors (Lipinski definition) is 0. The van der Waals surface area contributed by atoms with Gasteiger partial charge in [0.25, 0.3) is 0 Å². The SMILES string of the molecule is Cc1ccc(-c2nnc3ccc(C#N)cn23)c(Cl)c1. The number of aromatic nitrogens is 3. The molecule has 2 aromatic heterocycles. The summed E-state index contributed by atoms with van der Waals surface area (Å²) < 4.78 is 1.77. The van der Waals surface area contributed by atoms with Gasteiger partial charge in [-0.2, -0.15) is 5.26 Å². The van der Waals surface area contributed by atoms with Gasteiger partial charge in [-0.1, -0.05) is 17.7 Å². The molecule has 5 heteroatoms. The summed E-state index contributed by atoms with van der Waals surface area (Å²) in [5, 5.41) is 17.8. The molecule has 0 aliphatic rings. The van der Waals surface area contributed by atoms with Gasteiger partial charge in [0.2, 0.25) is 0 Å². The molecule has 19 heavy (non-hydrogen) atoms. The highest BCUT2D eigenvalue weighted by molar-refractivity contribution is 6.33. The van der Waals surface area contributed by atoms with Crippen LogP contribution in [0.1, 0.15) is 11.1 Å². The van der Waals surface area contributed by atoms with Crippen LogP contribution >= 0.6 is 11.6 Å². The maximum atomic E-state index is 8.96. The highest BCUT2D eigenvalue weighted by atomic mass is 35.5. The predicted octanol–water partition coefficient (Wildman–Crippen LogP) is 3.23. The molecule has 0 aliphatic carbocycles. The van der Waals surface area contributed by atoms with Crippen molar-refractivity contribution < 1.29 is 0 Å². The van der Waals surface area contributed by atoms with Crippen LogP contribution in [0.4, 0.5) is 0 Å². The molecule has 0 aliphatic heterocycles. The molecular formula is C14H9ClN4. The van der Waals surface area contributed by atoms with E-state index in [0.29, 0.717) is 22.1 Å². The van der Waals surface area contributed by atoms with Crippen molar-refractivity contribution >= 4 is 17.2 Å². The third kappa shape index (κ3) is 1.94. The first-order valence-corrected chi connectivity index (χ1v) is 6.08. The number of nitrogens with zero attached hydrogens (tertiary/aromatic N) is 4. The van der Waals surface area contributed by atoms with Gasteiger partial charge < -0.3 is 0 Å². The quantitative estimate of drug-likeness (QED) is 0.681. The molecule has 4 nitrogen and oxygen atoms in total. The van der Waals surface area contributed by atoms with Crippen molar-refractivity contribution in [2.24, 2.45) is 0 Å². The van der Waals surface area contributed by atoms with Gasteiger partial charge in [0.05, 0.1) is 10.6 Å². The number of halogens is 1. The van der Waals surface area contributed by atoms with Crippen LogP contribution in [0.3, 0.4) is 0 Å². The number of aryl methyl sites for hydroxylation is 1. The molecule has 92 valence electrons. The molecule has 3 aromatic rings. The van der Waals surface area contributed by atoms with Crippen LogP contribution in [0.5, 0.6) is 0 Å². The fourth-order valence-electron chi connectivity index (χ4n) is 1.94. The molecule has 0 fully saturated rings. The van der Waals surface area contributed by atoms with Gasteiger partial charge in [0, 0.05) is 11.8 Å². The second kappa shape index (κ2) is 4.38. The van der Waals surface area contributed by atoms with E-state index in [1.165, 1.54) is 0 Å². The molecular weight excluding hydrogens is 260 g/mol. The molecule has 0 saturated heterocycles. The van der Waals surface area contributed by atoms with Crippen LogP contribution in [0.25, 0.3) is 17.0 Å². The maximum absolute atomic E-state index is 8.96. The Morgan fingerprint density at radius 3 is 2.79 bits per heavy atom. The van der Waals surface area contributed by atoms with Crippen molar-refractivity contribution in [3.63, 3.8) is 0 Å². The average Bonchev–Trinajstić information content (AvgIpc) is 2.81. The summed E-state index contributed by atoms with van der Waals surface area (Å²) in [4.78, 5) is 0. The maximum Gasteiger partial charge on any atom is 0.169 e. The van der Waals surface area contributed by atoms with E-state index in [-0.39, 0.29) is 0 Å². The summed E-state index contributed by atoms with van der Waals surface area (Å²) in [6.07, 6.45) is 1.71. The third-order valence-corrected chi connectivity index (χ3v) is 3.21. The van der Waals surface area contributed by atoms with Crippen LogP contribution in [0.15, 0.2) is 36.5 Å². The van der Waals surface area contributed by atoms with Crippen molar-refractivity contribution in [1.29, 1.82) is 5.26 Å². The number of benzene rings is 1. The first-order chi connectivity index (χ1) is 9.19. The van der Waals surface area contributed by atoms with E-state index >= 15 is 0 Å². The fourth-order valence-corrected chi connectivity index (χ4v) is 2.26. The molecule has 0 atom stereocenters. The zero-order valence-corrected chi connectivity index (χ0v) is 10.9. The second-order valence-corrected chi connectivity index (χ2v) is 4.67. The van der Waals surface area contributed by atoms with Gasteiger partial charge in [-0.05, 0) is 36.8 Å². The highest BCUT2D eigenvalue weighted by Crippen LogP contribution is 2.27. The van der Waals surface area contributed by atoms with Gasteiger partial charge in [-0.15, -0.1) is 10.2 Å². The smallest absolute Gasteiger partial charge is 0.169 e. The lowest BCUT2D eigenvalue weighted by Crippen LogP contribution is -1.91. The molecule has 0 amide bonds. The average molecular weight is 269 g/mol. The van der Waals surface area contributed by atoms with E-state index < -0.39 is 0 Å².